The molecule has 0 aliphatic rings. The fourth-order valence-corrected chi connectivity index (χ4v) is 0.957. The van der Waals surface area contributed by atoms with Crippen LogP contribution in [0, 0.1) is 0 Å². The standard InChI is InChI=1S/C9H20N4O2/c10-6-2-1-4-8(14)12-13-9(15)5-3-7-11/h1-7,10-11H2,(H,12,14)(H,13,15). The second-order valence-corrected chi connectivity index (χ2v) is 3.23. The SMILES string of the molecule is NCCCCC(=O)NNC(=O)CCCN. The summed E-state index contributed by atoms with van der Waals surface area (Å²) in [6.45, 7) is 1.05. The van der Waals surface area contributed by atoms with Crippen molar-refractivity contribution in [1.29, 1.82) is 0 Å². The number of hydrazine groups is 1. The summed E-state index contributed by atoms with van der Waals surface area (Å²) in [7, 11) is 0. The van der Waals surface area contributed by atoms with Gasteiger partial charge in [0.25, 0.3) is 0 Å². The van der Waals surface area contributed by atoms with E-state index in [9.17, 15) is 9.59 Å². The smallest absolute Gasteiger partial charge is 0.238 e. The van der Waals surface area contributed by atoms with E-state index in [1.54, 1.807) is 0 Å². The number of carbonyl (C=O) groups excluding carboxylic acids is 2. The van der Waals surface area contributed by atoms with Gasteiger partial charge in [0.05, 0.1) is 0 Å². The summed E-state index contributed by atoms with van der Waals surface area (Å²) >= 11 is 0. The second-order valence-electron chi connectivity index (χ2n) is 3.23. The molecule has 0 radical (unpaired) electrons. The molecule has 88 valence electrons. The van der Waals surface area contributed by atoms with Crippen molar-refractivity contribution in [2.24, 2.45) is 11.5 Å². The van der Waals surface area contributed by atoms with Crippen molar-refractivity contribution in [2.75, 3.05) is 13.1 Å². The summed E-state index contributed by atoms with van der Waals surface area (Å²) < 4.78 is 0. The van der Waals surface area contributed by atoms with E-state index >= 15 is 0 Å². The molecule has 0 heterocycles. The Balaban J connectivity index is 3.40. The highest BCUT2D eigenvalue weighted by atomic mass is 16.2. The van der Waals surface area contributed by atoms with Gasteiger partial charge in [0.1, 0.15) is 0 Å². The van der Waals surface area contributed by atoms with E-state index in [1.807, 2.05) is 0 Å². The van der Waals surface area contributed by atoms with Gasteiger partial charge in [-0.1, -0.05) is 0 Å². The molecule has 0 atom stereocenters. The Bertz CT molecular complexity index is 197. The summed E-state index contributed by atoms with van der Waals surface area (Å²) in [4.78, 5) is 22.1. The van der Waals surface area contributed by atoms with Crippen LogP contribution in [0.1, 0.15) is 32.1 Å². The molecule has 6 nitrogen and oxygen atoms in total. The maximum Gasteiger partial charge on any atom is 0.238 e. The van der Waals surface area contributed by atoms with Gasteiger partial charge >= 0.3 is 0 Å². The number of amides is 2. The number of unbranched alkanes of at least 4 members (excludes halogenated alkanes) is 1. The maximum absolute atomic E-state index is 11.1. The van der Waals surface area contributed by atoms with E-state index < -0.39 is 0 Å². The van der Waals surface area contributed by atoms with Crippen LogP contribution in [0.25, 0.3) is 0 Å². The average molecular weight is 216 g/mol. The van der Waals surface area contributed by atoms with Crippen LogP contribution in [0.15, 0.2) is 0 Å². The molecule has 0 saturated carbocycles. The molecule has 0 fully saturated rings. The Morgan fingerprint density at radius 2 is 1.27 bits per heavy atom. The van der Waals surface area contributed by atoms with Crippen molar-refractivity contribution in [2.45, 2.75) is 32.1 Å². The van der Waals surface area contributed by atoms with E-state index in [0.717, 1.165) is 12.8 Å². The van der Waals surface area contributed by atoms with Crippen molar-refractivity contribution in [3.05, 3.63) is 0 Å². The van der Waals surface area contributed by atoms with Gasteiger partial charge in [-0.15, -0.1) is 0 Å². The molecule has 0 spiro atoms. The van der Waals surface area contributed by atoms with Gasteiger partial charge in [0.2, 0.25) is 11.8 Å². The highest BCUT2D eigenvalue weighted by Crippen LogP contribution is 1.92. The first kappa shape index (κ1) is 13.9. The first-order chi connectivity index (χ1) is 7.20. The molecule has 0 aliphatic carbocycles. The lowest BCUT2D eigenvalue weighted by molar-refractivity contribution is -0.129. The molecular formula is C9H20N4O2. The largest absolute Gasteiger partial charge is 0.330 e. The number of nitrogens with one attached hydrogen (secondary N) is 2. The summed E-state index contributed by atoms with van der Waals surface area (Å²) in [6.07, 6.45) is 2.89. The molecule has 0 unspecified atom stereocenters. The number of hydrogen-bond donors (Lipinski definition) is 4. The summed E-state index contributed by atoms with van der Waals surface area (Å²) in [5.74, 6) is -0.405. The summed E-state index contributed by atoms with van der Waals surface area (Å²) in [6, 6.07) is 0. The molecule has 0 aromatic rings. The van der Waals surface area contributed by atoms with Crippen LogP contribution in [0.5, 0.6) is 0 Å². The molecule has 2 amide bonds. The van der Waals surface area contributed by atoms with Crippen LogP contribution < -0.4 is 22.3 Å². The minimum atomic E-state index is -0.215. The number of carbonyl (C=O) groups is 2. The van der Waals surface area contributed by atoms with Crippen LogP contribution in [0.4, 0.5) is 0 Å². The van der Waals surface area contributed by atoms with Crippen LogP contribution in [-0.2, 0) is 9.59 Å². The highest BCUT2D eigenvalue weighted by molar-refractivity contribution is 5.81. The predicted octanol–water partition coefficient (Wildman–Crippen LogP) is -0.998. The number of rotatable bonds is 7. The zero-order valence-corrected chi connectivity index (χ0v) is 8.92. The molecule has 0 aromatic carbocycles. The maximum atomic E-state index is 11.1. The molecule has 6 N–H and O–H groups in total. The Hall–Kier alpha value is -1.14. The van der Waals surface area contributed by atoms with Crippen molar-refractivity contribution < 1.29 is 9.59 Å². The molecule has 0 bridgehead atoms. The Morgan fingerprint density at radius 1 is 0.800 bits per heavy atom. The zero-order valence-electron chi connectivity index (χ0n) is 8.92. The lowest BCUT2D eigenvalue weighted by Gasteiger charge is -2.06. The lowest BCUT2D eigenvalue weighted by Crippen LogP contribution is -2.41. The fourth-order valence-electron chi connectivity index (χ4n) is 0.957. The molecule has 0 saturated heterocycles. The van der Waals surface area contributed by atoms with Gasteiger partial charge in [-0.25, -0.2) is 0 Å². The normalized spacial score (nSPS) is 9.73. The average Bonchev–Trinajstić information content (AvgIpc) is 2.24. The monoisotopic (exact) mass is 216 g/mol. The van der Waals surface area contributed by atoms with Crippen LogP contribution in [0.2, 0.25) is 0 Å². The molecule has 0 rings (SSSR count). The van der Waals surface area contributed by atoms with Gasteiger partial charge in [-0.2, -0.15) is 0 Å². The zero-order chi connectivity index (χ0) is 11.5. The Labute approximate surface area is 89.7 Å². The van der Waals surface area contributed by atoms with Gasteiger partial charge in [0, 0.05) is 12.8 Å². The molecule has 15 heavy (non-hydrogen) atoms. The van der Waals surface area contributed by atoms with Gasteiger partial charge < -0.3 is 11.5 Å². The Morgan fingerprint density at radius 3 is 1.73 bits per heavy atom. The van der Waals surface area contributed by atoms with Crippen LogP contribution in [0.3, 0.4) is 0 Å². The molecular weight excluding hydrogens is 196 g/mol. The molecule has 0 aromatic heterocycles. The third-order valence-electron chi connectivity index (χ3n) is 1.81. The summed E-state index contributed by atoms with van der Waals surface area (Å²) in [5.41, 5.74) is 15.2. The topological polar surface area (TPSA) is 110 Å². The third kappa shape index (κ3) is 9.17. The first-order valence-electron chi connectivity index (χ1n) is 5.18. The first-order valence-corrected chi connectivity index (χ1v) is 5.18. The minimum Gasteiger partial charge on any atom is -0.330 e. The summed E-state index contributed by atoms with van der Waals surface area (Å²) in [5, 5.41) is 0. The minimum absolute atomic E-state index is 0.190. The van der Waals surface area contributed by atoms with E-state index in [2.05, 4.69) is 10.9 Å². The van der Waals surface area contributed by atoms with Gasteiger partial charge in [-0.05, 0) is 32.4 Å². The van der Waals surface area contributed by atoms with Crippen LogP contribution in [-0.4, -0.2) is 24.9 Å². The van der Waals surface area contributed by atoms with E-state index in [1.165, 1.54) is 0 Å². The van der Waals surface area contributed by atoms with Crippen molar-refractivity contribution in [3.8, 4) is 0 Å². The Kier molecular flexibility index (Phi) is 8.70. The van der Waals surface area contributed by atoms with Crippen molar-refractivity contribution in [3.63, 3.8) is 0 Å². The van der Waals surface area contributed by atoms with Crippen molar-refractivity contribution >= 4 is 11.8 Å². The van der Waals surface area contributed by atoms with E-state index in [4.69, 9.17) is 11.5 Å². The number of nitrogens with two attached hydrogens (primary N) is 2. The second kappa shape index (κ2) is 9.42. The fraction of sp³-hybridized carbons (Fsp3) is 0.778. The van der Waals surface area contributed by atoms with E-state index in [-0.39, 0.29) is 11.8 Å². The molecule has 6 heteroatoms. The van der Waals surface area contributed by atoms with Gasteiger partial charge in [-0.3, -0.25) is 20.4 Å². The highest BCUT2D eigenvalue weighted by Gasteiger charge is 2.03. The van der Waals surface area contributed by atoms with Crippen LogP contribution >= 0.6 is 0 Å². The third-order valence-corrected chi connectivity index (χ3v) is 1.81. The quantitative estimate of drug-likeness (QED) is 0.323. The van der Waals surface area contributed by atoms with Gasteiger partial charge in [0.15, 0.2) is 0 Å². The lowest BCUT2D eigenvalue weighted by atomic mass is 10.2. The van der Waals surface area contributed by atoms with E-state index in [0.29, 0.717) is 32.4 Å². The molecule has 0 aliphatic heterocycles. The number of hydrogen-bond acceptors (Lipinski definition) is 4. The van der Waals surface area contributed by atoms with Crippen molar-refractivity contribution in [1.82, 2.24) is 10.9 Å². The predicted molar refractivity (Wildman–Crippen MR) is 57.5 cm³/mol.